The summed E-state index contributed by atoms with van der Waals surface area (Å²) in [7, 11) is 0. The van der Waals surface area contributed by atoms with Crippen molar-refractivity contribution < 1.29 is 0 Å². The molecule has 2 saturated heterocycles. The average molecular weight is 420 g/mol. The van der Waals surface area contributed by atoms with Gasteiger partial charge in [-0.15, -0.1) is 0 Å². The molecule has 0 aliphatic carbocycles. The highest BCUT2D eigenvalue weighted by Gasteiger charge is 2.40. The van der Waals surface area contributed by atoms with Gasteiger partial charge in [0.1, 0.15) is 5.65 Å². The van der Waals surface area contributed by atoms with Crippen molar-refractivity contribution in [1.29, 1.82) is 0 Å². The van der Waals surface area contributed by atoms with E-state index in [2.05, 4.69) is 63.1 Å². The number of halogens is 1. The fraction of sp³-hybridized carbons (Fsp3) is 0.292. The molecule has 5 rings (SSSR count). The predicted octanol–water partition coefficient (Wildman–Crippen LogP) is 4.51. The molecule has 2 unspecified atom stereocenters. The molecule has 0 saturated carbocycles. The highest BCUT2D eigenvalue weighted by molar-refractivity contribution is 6.30. The molecule has 0 radical (unpaired) electrons. The van der Waals surface area contributed by atoms with Gasteiger partial charge < -0.3 is 14.6 Å². The Kier molecular flexibility index (Phi) is 5.01. The molecule has 2 aliphatic heterocycles. The Hall–Kier alpha value is -2.76. The van der Waals surface area contributed by atoms with Gasteiger partial charge in [0, 0.05) is 48.5 Å². The first-order valence-corrected chi connectivity index (χ1v) is 10.8. The van der Waals surface area contributed by atoms with E-state index in [0.29, 0.717) is 12.1 Å². The van der Waals surface area contributed by atoms with Crippen molar-refractivity contribution in [3.63, 3.8) is 0 Å². The lowest BCUT2D eigenvalue weighted by molar-refractivity contribution is 0.0847. The first-order valence-electron chi connectivity index (χ1n) is 10.4. The van der Waals surface area contributed by atoms with Crippen LogP contribution in [-0.2, 0) is 6.54 Å². The van der Waals surface area contributed by atoms with Crippen molar-refractivity contribution in [2.24, 2.45) is 0 Å². The lowest BCUT2D eigenvalue weighted by Gasteiger charge is -2.43. The van der Waals surface area contributed by atoms with Crippen molar-refractivity contribution in [3.05, 3.63) is 84.6 Å². The van der Waals surface area contributed by atoms with Crippen LogP contribution in [0, 0.1) is 0 Å². The number of imidazole rings is 1. The Morgan fingerprint density at radius 3 is 2.57 bits per heavy atom. The van der Waals surface area contributed by atoms with Gasteiger partial charge in [0.05, 0.1) is 17.2 Å². The smallest absolute Gasteiger partial charge is 0.137 e. The number of likely N-dealkylation sites (tertiary alicyclic amines) is 1. The maximum Gasteiger partial charge on any atom is 0.137 e. The van der Waals surface area contributed by atoms with E-state index in [1.807, 2.05) is 18.2 Å². The molecule has 30 heavy (non-hydrogen) atoms. The summed E-state index contributed by atoms with van der Waals surface area (Å²) in [5.41, 5.74) is 4.33. The number of benzene rings is 1. The van der Waals surface area contributed by atoms with E-state index < -0.39 is 0 Å². The molecule has 4 heterocycles. The summed E-state index contributed by atoms with van der Waals surface area (Å²) in [4.78, 5) is 9.96. The quantitative estimate of drug-likeness (QED) is 0.637. The summed E-state index contributed by atoms with van der Waals surface area (Å²) in [6.07, 6.45) is 6.23. The number of piperazine rings is 1. The van der Waals surface area contributed by atoms with Gasteiger partial charge in [-0.3, -0.25) is 4.90 Å². The predicted molar refractivity (Wildman–Crippen MR) is 122 cm³/mol. The van der Waals surface area contributed by atoms with E-state index >= 15 is 0 Å². The zero-order valence-electron chi connectivity index (χ0n) is 17.0. The maximum atomic E-state index is 6.12. The Morgan fingerprint density at radius 1 is 1.13 bits per heavy atom. The van der Waals surface area contributed by atoms with Gasteiger partial charge in [-0.25, -0.2) is 4.98 Å². The normalized spacial score (nSPS) is 21.2. The first kappa shape index (κ1) is 19.2. The van der Waals surface area contributed by atoms with Crippen LogP contribution in [0.25, 0.3) is 16.9 Å². The number of pyridine rings is 1. The number of nitrogens with zero attached hydrogens (tertiary/aromatic N) is 4. The third-order valence-corrected chi connectivity index (χ3v) is 6.51. The minimum Gasteiger partial charge on any atom is -0.350 e. The van der Waals surface area contributed by atoms with Crippen LogP contribution >= 0.6 is 11.6 Å². The molecule has 2 aromatic heterocycles. The van der Waals surface area contributed by atoms with Crippen LogP contribution in [0.2, 0.25) is 5.02 Å². The number of fused-ring (bicyclic) bond motifs is 3. The Morgan fingerprint density at radius 2 is 1.87 bits per heavy atom. The van der Waals surface area contributed by atoms with Gasteiger partial charge in [0.2, 0.25) is 0 Å². The van der Waals surface area contributed by atoms with Crippen LogP contribution in [0.5, 0.6) is 0 Å². The topological polar surface area (TPSA) is 35.8 Å². The largest absolute Gasteiger partial charge is 0.350 e. The van der Waals surface area contributed by atoms with Gasteiger partial charge in [-0.05, 0) is 43.3 Å². The second-order valence-corrected chi connectivity index (χ2v) is 8.56. The molecule has 2 fully saturated rings. The molecule has 5 nitrogen and oxygen atoms in total. The molecular weight excluding hydrogens is 394 g/mol. The molecule has 1 aromatic carbocycles. The van der Waals surface area contributed by atoms with Crippen molar-refractivity contribution in [3.8, 4) is 11.3 Å². The van der Waals surface area contributed by atoms with E-state index in [-0.39, 0.29) is 0 Å². The maximum absolute atomic E-state index is 6.12. The number of aromatic nitrogens is 2. The highest BCUT2D eigenvalue weighted by atomic mass is 35.5. The SMILES string of the molecule is C=CNC(=C)N1C2CCC1CN(Cc1c(-c3ccc(Cl)cc3)nc3ccccn13)C2. The summed E-state index contributed by atoms with van der Waals surface area (Å²) in [5.74, 6) is 0.966. The Labute approximate surface area is 182 Å². The van der Waals surface area contributed by atoms with Crippen molar-refractivity contribution in [1.82, 2.24) is 24.5 Å². The molecule has 1 N–H and O–H groups in total. The Bertz CT molecular complexity index is 1070. The standard InChI is InChI=1S/C24H26ClN5/c1-3-26-17(2)30-20-11-12-21(30)15-28(14-20)16-22-24(18-7-9-19(25)10-8-18)27-23-6-4-5-13-29(22)23/h3-10,13,20-21,26H,1-2,11-12,14-16H2. The van der Waals surface area contributed by atoms with Crippen LogP contribution in [0.4, 0.5) is 0 Å². The monoisotopic (exact) mass is 419 g/mol. The Balaban J connectivity index is 1.45. The van der Waals surface area contributed by atoms with Crippen molar-refractivity contribution in [2.45, 2.75) is 31.5 Å². The van der Waals surface area contributed by atoms with Crippen molar-refractivity contribution in [2.75, 3.05) is 13.1 Å². The minimum atomic E-state index is 0.488. The summed E-state index contributed by atoms with van der Waals surface area (Å²) < 4.78 is 2.22. The van der Waals surface area contributed by atoms with Crippen LogP contribution in [-0.4, -0.2) is 44.4 Å². The molecule has 3 aromatic rings. The van der Waals surface area contributed by atoms with Gasteiger partial charge in [0.15, 0.2) is 0 Å². The van der Waals surface area contributed by atoms with Crippen LogP contribution in [0.3, 0.4) is 0 Å². The third-order valence-electron chi connectivity index (χ3n) is 6.26. The van der Waals surface area contributed by atoms with Crippen LogP contribution < -0.4 is 5.32 Å². The fourth-order valence-corrected chi connectivity index (χ4v) is 5.13. The van der Waals surface area contributed by atoms with E-state index in [4.69, 9.17) is 16.6 Å². The molecule has 2 atom stereocenters. The number of nitrogens with one attached hydrogen (secondary N) is 1. The zero-order chi connectivity index (χ0) is 20.7. The lowest BCUT2D eigenvalue weighted by atomic mass is 10.1. The molecule has 0 spiro atoms. The number of rotatable bonds is 6. The minimum absolute atomic E-state index is 0.488. The summed E-state index contributed by atoms with van der Waals surface area (Å²) in [6.45, 7) is 10.9. The molecular formula is C24H26ClN5. The summed E-state index contributed by atoms with van der Waals surface area (Å²) in [6, 6.07) is 15.1. The van der Waals surface area contributed by atoms with E-state index in [1.54, 1.807) is 6.20 Å². The second-order valence-electron chi connectivity index (χ2n) is 8.12. The van der Waals surface area contributed by atoms with Crippen LogP contribution in [0.1, 0.15) is 18.5 Å². The number of hydrogen-bond acceptors (Lipinski definition) is 4. The van der Waals surface area contributed by atoms with Gasteiger partial charge in [-0.2, -0.15) is 0 Å². The molecule has 2 aliphatic rings. The first-order chi connectivity index (χ1) is 14.6. The summed E-state index contributed by atoms with van der Waals surface area (Å²) >= 11 is 6.12. The lowest BCUT2D eigenvalue weighted by Crippen LogP contribution is -2.54. The van der Waals surface area contributed by atoms with Gasteiger partial charge in [0.25, 0.3) is 0 Å². The zero-order valence-corrected chi connectivity index (χ0v) is 17.7. The van der Waals surface area contributed by atoms with E-state index in [9.17, 15) is 0 Å². The van der Waals surface area contributed by atoms with Crippen LogP contribution in [0.15, 0.2) is 73.8 Å². The third kappa shape index (κ3) is 3.38. The van der Waals surface area contributed by atoms with Crippen molar-refractivity contribution >= 4 is 17.2 Å². The highest BCUT2D eigenvalue weighted by Crippen LogP contribution is 2.34. The summed E-state index contributed by atoms with van der Waals surface area (Å²) in [5, 5.41) is 3.93. The molecule has 2 bridgehead atoms. The fourth-order valence-electron chi connectivity index (χ4n) is 5.00. The van der Waals surface area contributed by atoms with E-state index in [1.165, 1.54) is 18.5 Å². The molecule has 0 amide bonds. The van der Waals surface area contributed by atoms with Gasteiger partial charge >= 0.3 is 0 Å². The molecule has 6 heteroatoms. The molecule has 154 valence electrons. The number of hydrogen-bond donors (Lipinski definition) is 1. The van der Waals surface area contributed by atoms with E-state index in [0.717, 1.165) is 47.4 Å². The van der Waals surface area contributed by atoms with Gasteiger partial charge in [-0.1, -0.05) is 43.0 Å². The average Bonchev–Trinajstić information content (AvgIpc) is 3.24. The second kappa shape index (κ2) is 7.82.